The van der Waals surface area contributed by atoms with Crippen LogP contribution in [-0.2, 0) is 6.42 Å². The number of nitrogens with zero attached hydrogens (tertiary/aromatic N) is 2. The highest BCUT2D eigenvalue weighted by molar-refractivity contribution is 7.09. The van der Waals surface area contributed by atoms with Crippen molar-refractivity contribution >= 4 is 11.3 Å². The van der Waals surface area contributed by atoms with Crippen LogP contribution >= 0.6 is 11.3 Å². The first kappa shape index (κ1) is 12.8. The smallest absolute Gasteiger partial charge is 0.306 e. The quantitative estimate of drug-likeness (QED) is 0.816. The summed E-state index contributed by atoms with van der Waals surface area (Å²) in [5, 5.41) is 1.98. The topological polar surface area (TPSA) is 16.1 Å². The zero-order valence-corrected chi connectivity index (χ0v) is 10.4. The number of rotatable bonds is 2. The molecule has 0 N–H and O–H groups in total. The third-order valence-electron chi connectivity index (χ3n) is 3.06. The standard InChI is InChI=1S/C11H15F3N2S/c1-16-4-2-8(3-5-16)9-7-17-10(15-9)6-11(12,13)14/h7-8H,2-6H2,1H3. The third-order valence-corrected chi connectivity index (χ3v) is 3.93. The number of likely N-dealkylation sites (tertiary alicyclic amines) is 1. The zero-order valence-electron chi connectivity index (χ0n) is 9.63. The van der Waals surface area contributed by atoms with E-state index in [0.717, 1.165) is 43.0 Å². The van der Waals surface area contributed by atoms with E-state index in [1.54, 1.807) is 5.38 Å². The highest BCUT2D eigenvalue weighted by Gasteiger charge is 2.30. The number of aromatic nitrogens is 1. The van der Waals surface area contributed by atoms with Crippen LogP contribution in [0.15, 0.2) is 5.38 Å². The van der Waals surface area contributed by atoms with Gasteiger partial charge in [-0.1, -0.05) is 0 Å². The van der Waals surface area contributed by atoms with Crippen molar-refractivity contribution in [1.82, 2.24) is 9.88 Å². The van der Waals surface area contributed by atoms with Crippen LogP contribution in [0.25, 0.3) is 0 Å². The lowest BCUT2D eigenvalue weighted by Crippen LogP contribution is -2.29. The molecule has 0 unspecified atom stereocenters. The van der Waals surface area contributed by atoms with Gasteiger partial charge in [-0.2, -0.15) is 13.2 Å². The SMILES string of the molecule is CN1CCC(c2csc(CC(F)(F)F)n2)CC1. The maximum absolute atomic E-state index is 12.2. The van der Waals surface area contributed by atoms with E-state index in [1.807, 2.05) is 0 Å². The highest BCUT2D eigenvalue weighted by Crippen LogP contribution is 2.30. The molecule has 1 fully saturated rings. The predicted octanol–water partition coefficient (Wildman–Crippen LogP) is 3.06. The summed E-state index contributed by atoms with van der Waals surface area (Å²) in [6, 6.07) is 0. The predicted molar refractivity (Wildman–Crippen MR) is 61.3 cm³/mol. The number of halogens is 3. The number of hydrogen-bond acceptors (Lipinski definition) is 3. The van der Waals surface area contributed by atoms with Gasteiger partial charge in [0.1, 0.15) is 5.01 Å². The van der Waals surface area contributed by atoms with Gasteiger partial charge in [0.2, 0.25) is 0 Å². The molecular weight excluding hydrogens is 249 g/mol. The molecule has 0 saturated carbocycles. The second-order valence-corrected chi connectivity index (χ2v) is 5.48. The second-order valence-electron chi connectivity index (χ2n) is 4.54. The van der Waals surface area contributed by atoms with Crippen molar-refractivity contribution in [3.63, 3.8) is 0 Å². The lowest BCUT2D eigenvalue weighted by Gasteiger charge is -2.27. The molecule has 2 nitrogen and oxygen atoms in total. The normalized spacial score (nSPS) is 19.8. The lowest BCUT2D eigenvalue weighted by molar-refractivity contribution is -0.127. The van der Waals surface area contributed by atoms with Crippen molar-refractivity contribution in [2.24, 2.45) is 0 Å². The molecule has 1 saturated heterocycles. The van der Waals surface area contributed by atoms with E-state index in [1.165, 1.54) is 0 Å². The molecule has 0 spiro atoms. The maximum atomic E-state index is 12.2. The maximum Gasteiger partial charge on any atom is 0.395 e. The molecule has 0 aromatic carbocycles. The molecule has 2 rings (SSSR count). The van der Waals surface area contributed by atoms with Crippen LogP contribution < -0.4 is 0 Å². The minimum atomic E-state index is -4.15. The summed E-state index contributed by atoms with van der Waals surface area (Å²) in [6.07, 6.45) is -3.07. The van der Waals surface area contributed by atoms with Gasteiger partial charge < -0.3 is 4.90 Å². The fraction of sp³-hybridized carbons (Fsp3) is 0.727. The van der Waals surface area contributed by atoms with Crippen LogP contribution in [0.2, 0.25) is 0 Å². The second kappa shape index (κ2) is 4.94. The first-order valence-corrected chi connectivity index (χ1v) is 6.51. The van der Waals surface area contributed by atoms with Crippen LogP contribution in [0.1, 0.15) is 29.5 Å². The summed E-state index contributed by atoms with van der Waals surface area (Å²) < 4.78 is 36.6. The fourth-order valence-corrected chi connectivity index (χ4v) is 2.98. The van der Waals surface area contributed by atoms with Gasteiger partial charge in [-0.05, 0) is 33.0 Å². The van der Waals surface area contributed by atoms with Gasteiger partial charge in [-0.3, -0.25) is 0 Å². The molecule has 2 heterocycles. The Morgan fingerprint density at radius 1 is 1.41 bits per heavy atom. The molecule has 0 amide bonds. The van der Waals surface area contributed by atoms with E-state index in [-0.39, 0.29) is 5.01 Å². The van der Waals surface area contributed by atoms with Crippen LogP contribution in [0.5, 0.6) is 0 Å². The largest absolute Gasteiger partial charge is 0.395 e. The van der Waals surface area contributed by atoms with Gasteiger partial charge in [0.25, 0.3) is 0 Å². The van der Waals surface area contributed by atoms with E-state index in [9.17, 15) is 13.2 Å². The van der Waals surface area contributed by atoms with Gasteiger partial charge >= 0.3 is 6.18 Å². The molecule has 1 aromatic rings. The van der Waals surface area contributed by atoms with E-state index in [2.05, 4.69) is 16.9 Å². The summed E-state index contributed by atoms with van der Waals surface area (Å²) in [5.41, 5.74) is 0.849. The summed E-state index contributed by atoms with van der Waals surface area (Å²) >= 11 is 1.13. The van der Waals surface area contributed by atoms with Gasteiger partial charge in [0.15, 0.2) is 0 Å². The molecule has 1 aliphatic rings. The summed E-state index contributed by atoms with van der Waals surface area (Å²) in [5.74, 6) is 0.337. The molecular formula is C11H15F3N2S. The van der Waals surface area contributed by atoms with Crippen LogP contribution in [0, 0.1) is 0 Å². The molecule has 6 heteroatoms. The number of alkyl halides is 3. The number of piperidine rings is 1. The highest BCUT2D eigenvalue weighted by atomic mass is 32.1. The van der Waals surface area contributed by atoms with E-state index < -0.39 is 12.6 Å². The minimum Gasteiger partial charge on any atom is -0.306 e. The Hall–Kier alpha value is -0.620. The summed E-state index contributed by atoms with van der Waals surface area (Å²) in [4.78, 5) is 6.36. The molecule has 0 atom stereocenters. The van der Waals surface area contributed by atoms with Gasteiger partial charge in [0, 0.05) is 11.3 Å². The summed E-state index contributed by atoms with van der Waals surface area (Å²) in [6.45, 7) is 1.99. The number of hydrogen-bond donors (Lipinski definition) is 0. The minimum absolute atomic E-state index is 0.187. The van der Waals surface area contributed by atoms with Crippen molar-refractivity contribution in [2.45, 2.75) is 31.4 Å². The Morgan fingerprint density at radius 2 is 2.06 bits per heavy atom. The van der Waals surface area contributed by atoms with Gasteiger partial charge in [-0.25, -0.2) is 4.98 Å². The van der Waals surface area contributed by atoms with Crippen molar-refractivity contribution in [2.75, 3.05) is 20.1 Å². The summed E-state index contributed by atoms with van der Waals surface area (Å²) in [7, 11) is 2.06. The number of thiazole rings is 1. The molecule has 1 aromatic heterocycles. The van der Waals surface area contributed by atoms with E-state index in [4.69, 9.17) is 0 Å². The van der Waals surface area contributed by atoms with Crippen LogP contribution in [0.4, 0.5) is 13.2 Å². The molecule has 0 radical (unpaired) electrons. The molecule has 96 valence electrons. The molecule has 1 aliphatic heterocycles. The van der Waals surface area contributed by atoms with Crippen LogP contribution in [-0.4, -0.2) is 36.2 Å². The van der Waals surface area contributed by atoms with Crippen molar-refractivity contribution in [1.29, 1.82) is 0 Å². The van der Waals surface area contributed by atoms with E-state index in [0.29, 0.717) is 5.92 Å². The molecule has 0 bridgehead atoms. The van der Waals surface area contributed by atoms with Gasteiger partial charge in [0.05, 0.1) is 12.1 Å². The van der Waals surface area contributed by atoms with Crippen molar-refractivity contribution in [3.05, 3.63) is 16.1 Å². The van der Waals surface area contributed by atoms with Crippen molar-refractivity contribution < 1.29 is 13.2 Å². The Kier molecular flexibility index (Phi) is 3.73. The fourth-order valence-electron chi connectivity index (χ4n) is 2.07. The average molecular weight is 264 g/mol. The average Bonchev–Trinajstić information content (AvgIpc) is 2.64. The first-order valence-electron chi connectivity index (χ1n) is 5.63. The van der Waals surface area contributed by atoms with Gasteiger partial charge in [-0.15, -0.1) is 11.3 Å². The van der Waals surface area contributed by atoms with Crippen LogP contribution in [0.3, 0.4) is 0 Å². The van der Waals surface area contributed by atoms with E-state index >= 15 is 0 Å². The monoisotopic (exact) mass is 264 g/mol. The zero-order chi connectivity index (χ0) is 12.5. The molecule has 17 heavy (non-hydrogen) atoms. The Balaban J connectivity index is 1.98. The third kappa shape index (κ3) is 3.67. The Bertz CT molecular complexity index is 367. The first-order chi connectivity index (χ1) is 7.94. The van der Waals surface area contributed by atoms with Crippen molar-refractivity contribution in [3.8, 4) is 0 Å². The molecule has 0 aliphatic carbocycles. The Labute approximate surface area is 102 Å². The Morgan fingerprint density at radius 3 is 2.65 bits per heavy atom. The lowest BCUT2D eigenvalue weighted by atomic mass is 9.95.